The number of aromatic carboxylic acids is 4. The quantitative estimate of drug-likeness (QED) is 0.135. The molecule has 2 aromatic carbocycles. The Labute approximate surface area is 259 Å². The summed E-state index contributed by atoms with van der Waals surface area (Å²) >= 11 is 24.8. The van der Waals surface area contributed by atoms with E-state index in [2.05, 4.69) is 141 Å². The number of carboxylic acid groups (broad SMARTS) is 4. The molecule has 16 heteroatoms. The number of hydrogen-bond donors (Lipinski definition) is 4. The minimum atomic E-state index is -1.32. The maximum Gasteiger partial charge on any atom is 0.337 e. The molecule has 2 rings (SSSR count). The normalized spacial score (nSPS) is 9.76. The molecular formula is C18H8Br8O8. The first-order valence-corrected chi connectivity index (χ1v) is 14.1. The number of rotatable bonds is 4. The van der Waals surface area contributed by atoms with Crippen LogP contribution in [-0.4, -0.2) is 44.3 Å². The summed E-state index contributed by atoms with van der Waals surface area (Å²) in [4.78, 5) is 44.0. The minimum Gasteiger partial charge on any atom is -0.478 e. The number of carboxylic acids is 4. The van der Waals surface area contributed by atoms with Gasteiger partial charge in [0, 0.05) is 35.8 Å². The van der Waals surface area contributed by atoms with Gasteiger partial charge in [-0.25, -0.2) is 19.2 Å². The summed E-state index contributed by atoms with van der Waals surface area (Å²) in [6.07, 6.45) is 0. The monoisotopic (exact) mass is 983 g/mol. The zero-order valence-corrected chi connectivity index (χ0v) is 28.5. The SMILES string of the molecule is C=C.O=C(O)c1c(Br)c(Br)c(Br)c(Br)c1C(=O)O.O=C(O)c1c(Br)c(Br)c(Br)c(Br)c1C(=O)O. The van der Waals surface area contributed by atoms with Crippen molar-refractivity contribution in [3.05, 3.63) is 71.2 Å². The van der Waals surface area contributed by atoms with E-state index in [0.717, 1.165) is 0 Å². The predicted octanol–water partition coefficient (Wildman–Crippen LogP) is 9.07. The van der Waals surface area contributed by atoms with E-state index in [-0.39, 0.29) is 40.1 Å². The zero-order chi connectivity index (χ0) is 27.2. The maximum absolute atomic E-state index is 11.0. The van der Waals surface area contributed by atoms with E-state index < -0.39 is 23.9 Å². The van der Waals surface area contributed by atoms with Gasteiger partial charge in [-0.1, -0.05) is 0 Å². The van der Waals surface area contributed by atoms with Crippen molar-refractivity contribution in [3.8, 4) is 0 Å². The second-order valence-electron chi connectivity index (χ2n) is 5.23. The molecule has 8 nitrogen and oxygen atoms in total. The van der Waals surface area contributed by atoms with Gasteiger partial charge in [-0.3, -0.25) is 0 Å². The molecule has 184 valence electrons. The van der Waals surface area contributed by atoms with E-state index >= 15 is 0 Å². The molecule has 0 amide bonds. The van der Waals surface area contributed by atoms with Crippen LogP contribution in [0, 0.1) is 0 Å². The maximum atomic E-state index is 11.0. The van der Waals surface area contributed by atoms with Crippen LogP contribution in [-0.2, 0) is 0 Å². The number of hydrogen-bond acceptors (Lipinski definition) is 4. The number of benzene rings is 2. The highest BCUT2D eigenvalue weighted by Crippen LogP contribution is 2.43. The van der Waals surface area contributed by atoms with Crippen LogP contribution in [0.2, 0.25) is 0 Å². The molecule has 0 aromatic heterocycles. The molecule has 0 aliphatic heterocycles. The van der Waals surface area contributed by atoms with Gasteiger partial charge in [0.1, 0.15) is 0 Å². The standard InChI is InChI=1S/2C8H2Br4O4.C2H4/c2*9-3-1(7(13)14)2(8(15)16)4(10)6(12)5(3)11;1-2/h2*(H,13,14)(H,15,16);1-2H2. The largest absolute Gasteiger partial charge is 0.478 e. The topological polar surface area (TPSA) is 149 Å². The van der Waals surface area contributed by atoms with E-state index in [0.29, 0.717) is 17.9 Å². The van der Waals surface area contributed by atoms with E-state index in [1.54, 1.807) is 0 Å². The molecule has 0 spiro atoms. The average molecular weight is 991 g/mol. The van der Waals surface area contributed by atoms with Gasteiger partial charge in [0.25, 0.3) is 0 Å². The van der Waals surface area contributed by atoms with Crippen molar-refractivity contribution >= 4 is 151 Å². The summed E-state index contributed by atoms with van der Waals surface area (Å²) < 4.78 is 2.42. The van der Waals surface area contributed by atoms with Crippen LogP contribution < -0.4 is 0 Å². The van der Waals surface area contributed by atoms with E-state index in [4.69, 9.17) is 20.4 Å². The Morgan fingerprint density at radius 2 is 0.500 bits per heavy atom. The molecule has 0 aliphatic rings. The van der Waals surface area contributed by atoms with Gasteiger partial charge in [0.05, 0.1) is 22.3 Å². The van der Waals surface area contributed by atoms with Crippen molar-refractivity contribution in [3.63, 3.8) is 0 Å². The lowest BCUT2D eigenvalue weighted by Gasteiger charge is -2.11. The molecule has 0 saturated carbocycles. The number of halogens is 8. The Morgan fingerprint density at radius 3 is 0.588 bits per heavy atom. The first-order valence-electron chi connectivity index (χ1n) is 7.72. The fourth-order valence-electron chi connectivity index (χ4n) is 2.07. The zero-order valence-electron chi connectivity index (χ0n) is 15.9. The summed E-state index contributed by atoms with van der Waals surface area (Å²) in [6.45, 7) is 6.00. The number of carbonyl (C=O) groups is 4. The van der Waals surface area contributed by atoms with Gasteiger partial charge in [0.15, 0.2) is 0 Å². The minimum absolute atomic E-state index is 0.174. The van der Waals surface area contributed by atoms with Gasteiger partial charge in [-0.2, -0.15) is 0 Å². The summed E-state index contributed by atoms with van der Waals surface area (Å²) in [7, 11) is 0. The van der Waals surface area contributed by atoms with Crippen molar-refractivity contribution in [1.82, 2.24) is 0 Å². The van der Waals surface area contributed by atoms with Crippen molar-refractivity contribution in [2.45, 2.75) is 0 Å². The molecule has 2 aromatic rings. The van der Waals surface area contributed by atoms with Crippen LogP contribution in [0.3, 0.4) is 0 Å². The Balaban J connectivity index is 0.000000597. The van der Waals surface area contributed by atoms with E-state index in [1.165, 1.54) is 0 Å². The summed E-state index contributed by atoms with van der Waals surface area (Å²) in [5.74, 6) is -5.28. The molecule has 0 aliphatic carbocycles. The first kappa shape index (κ1) is 33.9. The van der Waals surface area contributed by atoms with Crippen LogP contribution >= 0.6 is 127 Å². The van der Waals surface area contributed by atoms with Gasteiger partial charge in [-0.15, -0.1) is 13.2 Å². The Hall–Kier alpha value is -0.100. The van der Waals surface area contributed by atoms with Gasteiger partial charge in [0.2, 0.25) is 0 Å². The predicted molar refractivity (Wildman–Crippen MR) is 154 cm³/mol. The van der Waals surface area contributed by atoms with E-state index in [1.807, 2.05) is 0 Å². The molecule has 4 N–H and O–H groups in total. The highest BCUT2D eigenvalue weighted by Gasteiger charge is 2.28. The van der Waals surface area contributed by atoms with Crippen LogP contribution in [0.5, 0.6) is 0 Å². The average Bonchev–Trinajstić information content (AvgIpc) is 2.76. The molecule has 34 heavy (non-hydrogen) atoms. The van der Waals surface area contributed by atoms with Crippen LogP contribution in [0.15, 0.2) is 48.9 Å². The van der Waals surface area contributed by atoms with Gasteiger partial charge < -0.3 is 20.4 Å². The molecule has 0 radical (unpaired) electrons. The molecule has 0 unspecified atom stereocenters. The molecule has 0 saturated heterocycles. The third-order valence-corrected chi connectivity index (χ3v) is 12.9. The summed E-state index contributed by atoms with van der Waals surface area (Å²) in [5, 5.41) is 35.9. The van der Waals surface area contributed by atoms with Crippen LogP contribution in [0.1, 0.15) is 41.4 Å². The lowest BCUT2D eigenvalue weighted by Crippen LogP contribution is -2.11. The highest BCUT2D eigenvalue weighted by atomic mass is 79.9. The molecule has 0 fully saturated rings. The van der Waals surface area contributed by atoms with Crippen molar-refractivity contribution < 1.29 is 39.6 Å². The Kier molecular flexibility index (Phi) is 14.5. The Morgan fingerprint density at radius 1 is 0.382 bits per heavy atom. The van der Waals surface area contributed by atoms with Crippen LogP contribution in [0.25, 0.3) is 0 Å². The molecule has 0 heterocycles. The van der Waals surface area contributed by atoms with Crippen molar-refractivity contribution in [2.75, 3.05) is 0 Å². The third kappa shape index (κ3) is 7.46. The summed E-state index contributed by atoms with van der Waals surface area (Å²) in [6, 6.07) is 0. The Bertz CT molecular complexity index is 1010. The first-order chi connectivity index (χ1) is 15.6. The van der Waals surface area contributed by atoms with Gasteiger partial charge in [-0.05, 0) is 127 Å². The molecular weight excluding hydrogens is 983 g/mol. The van der Waals surface area contributed by atoms with E-state index in [9.17, 15) is 19.2 Å². The lowest BCUT2D eigenvalue weighted by atomic mass is 10.1. The second kappa shape index (κ2) is 14.6. The smallest absolute Gasteiger partial charge is 0.337 e. The fourth-order valence-corrected chi connectivity index (χ4v) is 6.98. The summed E-state index contributed by atoms with van der Waals surface area (Å²) in [5.41, 5.74) is -1.24. The van der Waals surface area contributed by atoms with Crippen LogP contribution in [0.4, 0.5) is 0 Å². The third-order valence-electron chi connectivity index (χ3n) is 3.39. The second-order valence-corrected chi connectivity index (χ2v) is 11.6. The van der Waals surface area contributed by atoms with Gasteiger partial charge >= 0.3 is 23.9 Å². The van der Waals surface area contributed by atoms with Crippen molar-refractivity contribution in [2.24, 2.45) is 0 Å². The highest BCUT2D eigenvalue weighted by molar-refractivity contribution is 9.15. The van der Waals surface area contributed by atoms with Crippen molar-refractivity contribution in [1.29, 1.82) is 0 Å². The fraction of sp³-hybridized carbons (Fsp3) is 0. The lowest BCUT2D eigenvalue weighted by molar-refractivity contribution is 0.0649. The molecule has 0 atom stereocenters. The molecule has 0 bridgehead atoms.